The van der Waals surface area contributed by atoms with Crippen molar-refractivity contribution in [3.05, 3.63) is 71.8 Å². The van der Waals surface area contributed by atoms with Gasteiger partial charge in [0.1, 0.15) is 18.8 Å². The number of esters is 2. The van der Waals surface area contributed by atoms with Gasteiger partial charge in [0.25, 0.3) is 0 Å². The summed E-state index contributed by atoms with van der Waals surface area (Å²) >= 11 is 0. The molecule has 0 saturated carbocycles. The standard InChI is InChI=1S/C24H28O7/c1-17(25)27-16-23-21(28-14-19-9-5-3-6-10-19)13-22(24(31-23)30-18(2)26)29-15-20-11-7-4-8-12-20/h3-12,21-24H,13-16H2,1-2H3/t21-,22+,23+,24-/m0/s1. The molecule has 7 heteroatoms. The lowest BCUT2D eigenvalue weighted by atomic mass is 10.0. The van der Waals surface area contributed by atoms with Crippen molar-refractivity contribution in [3.8, 4) is 0 Å². The molecule has 2 aromatic rings. The topological polar surface area (TPSA) is 80.3 Å². The van der Waals surface area contributed by atoms with E-state index in [4.69, 9.17) is 23.7 Å². The largest absolute Gasteiger partial charge is 0.463 e. The molecule has 1 heterocycles. The van der Waals surface area contributed by atoms with Crippen LogP contribution in [0.5, 0.6) is 0 Å². The van der Waals surface area contributed by atoms with Crippen LogP contribution in [-0.2, 0) is 46.5 Å². The van der Waals surface area contributed by atoms with E-state index in [2.05, 4.69) is 0 Å². The zero-order valence-corrected chi connectivity index (χ0v) is 17.8. The predicted molar refractivity (Wildman–Crippen MR) is 112 cm³/mol. The molecule has 0 bridgehead atoms. The summed E-state index contributed by atoms with van der Waals surface area (Å²) in [7, 11) is 0. The third kappa shape index (κ3) is 7.47. The van der Waals surface area contributed by atoms with Gasteiger partial charge in [0.2, 0.25) is 6.29 Å². The Morgan fingerprint density at radius 3 is 1.90 bits per heavy atom. The van der Waals surface area contributed by atoms with E-state index in [1.807, 2.05) is 60.7 Å². The normalized spacial score (nSPS) is 23.2. The van der Waals surface area contributed by atoms with E-state index in [0.29, 0.717) is 19.6 Å². The molecule has 0 unspecified atom stereocenters. The molecule has 3 rings (SSSR count). The molecule has 7 nitrogen and oxygen atoms in total. The van der Waals surface area contributed by atoms with Crippen molar-refractivity contribution in [3.63, 3.8) is 0 Å². The van der Waals surface area contributed by atoms with Gasteiger partial charge in [-0.05, 0) is 11.1 Å². The Morgan fingerprint density at radius 1 is 0.839 bits per heavy atom. The predicted octanol–water partition coefficient (Wildman–Crippen LogP) is 3.40. The monoisotopic (exact) mass is 428 g/mol. The van der Waals surface area contributed by atoms with Crippen molar-refractivity contribution in [1.29, 1.82) is 0 Å². The van der Waals surface area contributed by atoms with Gasteiger partial charge in [-0.15, -0.1) is 0 Å². The summed E-state index contributed by atoms with van der Waals surface area (Å²) in [5.74, 6) is -0.898. The number of rotatable bonds is 9. The van der Waals surface area contributed by atoms with Crippen LogP contribution in [-0.4, -0.2) is 43.1 Å². The average Bonchev–Trinajstić information content (AvgIpc) is 2.77. The number of ether oxygens (including phenoxy) is 5. The summed E-state index contributed by atoms with van der Waals surface area (Å²) in [6, 6.07) is 19.5. The SMILES string of the molecule is CC(=O)OC[C@H]1O[C@H](OC(C)=O)[C@H](OCc2ccccc2)C[C@@H]1OCc1ccccc1. The first kappa shape index (κ1) is 22.9. The fourth-order valence-corrected chi connectivity index (χ4v) is 3.33. The first-order valence-corrected chi connectivity index (χ1v) is 10.3. The van der Waals surface area contributed by atoms with Crippen LogP contribution in [0.2, 0.25) is 0 Å². The molecule has 1 aliphatic rings. The third-order valence-electron chi connectivity index (χ3n) is 4.84. The number of carbonyl (C=O) groups is 2. The molecular weight excluding hydrogens is 400 g/mol. The molecule has 2 aromatic carbocycles. The molecule has 166 valence electrons. The highest BCUT2D eigenvalue weighted by atomic mass is 16.7. The van der Waals surface area contributed by atoms with Gasteiger partial charge < -0.3 is 23.7 Å². The molecule has 1 aliphatic heterocycles. The van der Waals surface area contributed by atoms with Crippen molar-refractivity contribution < 1.29 is 33.3 Å². The van der Waals surface area contributed by atoms with Crippen LogP contribution in [0.1, 0.15) is 31.4 Å². The third-order valence-corrected chi connectivity index (χ3v) is 4.84. The molecule has 0 aromatic heterocycles. The Morgan fingerprint density at radius 2 is 1.39 bits per heavy atom. The van der Waals surface area contributed by atoms with Crippen LogP contribution in [0.25, 0.3) is 0 Å². The lowest BCUT2D eigenvalue weighted by molar-refractivity contribution is -0.280. The van der Waals surface area contributed by atoms with Crippen molar-refractivity contribution in [2.75, 3.05) is 6.61 Å². The Kier molecular flexibility index (Phi) is 8.58. The summed E-state index contributed by atoms with van der Waals surface area (Å²) in [5.41, 5.74) is 2.01. The van der Waals surface area contributed by atoms with Crippen LogP contribution >= 0.6 is 0 Å². The van der Waals surface area contributed by atoms with Gasteiger partial charge in [0.15, 0.2) is 0 Å². The van der Waals surface area contributed by atoms with E-state index in [1.54, 1.807) is 0 Å². The van der Waals surface area contributed by atoms with E-state index >= 15 is 0 Å². The molecule has 0 spiro atoms. The van der Waals surface area contributed by atoms with Gasteiger partial charge in [-0.25, -0.2) is 0 Å². The molecule has 0 radical (unpaired) electrons. The van der Waals surface area contributed by atoms with Crippen LogP contribution in [0, 0.1) is 0 Å². The first-order chi connectivity index (χ1) is 15.0. The summed E-state index contributed by atoms with van der Waals surface area (Å²) in [6.07, 6.45) is -2.03. The minimum Gasteiger partial charge on any atom is -0.463 e. The van der Waals surface area contributed by atoms with Gasteiger partial charge in [0.05, 0.1) is 19.3 Å². The van der Waals surface area contributed by atoms with E-state index in [9.17, 15) is 9.59 Å². The Labute approximate surface area is 182 Å². The maximum Gasteiger partial charge on any atom is 0.305 e. The van der Waals surface area contributed by atoms with Crippen molar-refractivity contribution in [2.45, 2.75) is 58.1 Å². The highest BCUT2D eigenvalue weighted by Crippen LogP contribution is 2.28. The molecule has 0 amide bonds. The lowest BCUT2D eigenvalue weighted by Crippen LogP contribution is -2.52. The highest BCUT2D eigenvalue weighted by molar-refractivity contribution is 5.66. The van der Waals surface area contributed by atoms with E-state index in [0.717, 1.165) is 11.1 Å². The minimum absolute atomic E-state index is 0.00202. The Balaban J connectivity index is 1.70. The summed E-state index contributed by atoms with van der Waals surface area (Å²) in [5, 5.41) is 0. The maximum absolute atomic E-state index is 11.6. The Bertz CT molecular complexity index is 824. The quantitative estimate of drug-likeness (QED) is 0.566. The number of hydrogen-bond acceptors (Lipinski definition) is 7. The molecule has 0 N–H and O–H groups in total. The zero-order chi connectivity index (χ0) is 22.1. The maximum atomic E-state index is 11.6. The van der Waals surface area contributed by atoms with Gasteiger partial charge >= 0.3 is 11.9 Å². The second kappa shape index (κ2) is 11.6. The number of benzene rings is 2. The zero-order valence-electron chi connectivity index (χ0n) is 17.8. The van der Waals surface area contributed by atoms with Crippen LogP contribution in [0.4, 0.5) is 0 Å². The van der Waals surface area contributed by atoms with Gasteiger partial charge in [-0.1, -0.05) is 60.7 Å². The minimum atomic E-state index is -0.918. The Hall–Kier alpha value is -2.74. The molecular formula is C24H28O7. The number of hydrogen-bond donors (Lipinski definition) is 0. The summed E-state index contributed by atoms with van der Waals surface area (Å²) in [4.78, 5) is 22.9. The van der Waals surface area contributed by atoms with Gasteiger partial charge in [-0.2, -0.15) is 0 Å². The molecule has 1 fully saturated rings. The average molecular weight is 428 g/mol. The molecule has 0 aliphatic carbocycles. The van der Waals surface area contributed by atoms with Crippen molar-refractivity contribution in [2.24, 2.45) is 0 Å². The molecule has 4 atom stereocenters. The van der Waals surface area contributed by atoms with E-state index in [1.165, 1.54) is 13.8 Å². The van der Waals surface area contributed by atoms with Crippen LogP contribution in [0.15, 0.2) is 60.7 Å². The number of carbonyl (C=O) groups excluding carboxylic acids is 2. The van der Waals surface area contributed by atoms with E-state index < -0.39 is 36.5 Å². The first-order valence-electron chi connectivity index (χ1n) is 10.3. The highest BCUT2D eigenvalue weighted by Gasteiger charge is 2.41. The van der Waals surface area contributed by atoms with Crippen molar-refractivity contribution >= 4 is 11.9 Å². The summed E-state index contributed by atoms with van der Waals surface area (Å²) in [6.45, 7) is 3.36. The lowest BCUT2D eigenvalue weighted by Gasteiger charge is -2.40. The second-order valence-electron chi connectivity index (χ2n) is 7.36. The smallest absolute Gasteiger partial charge is 0.305 e. The van der Waals surface area contributed by atoms with Crippen LogP contribution in [0.3, 0.4) is 0 Å². The summed E-state index contributed by atoms with van der Waals surface area (Å²) < 4.78 is 28.7. The van der Waals surface area contributed by atoms with Gasteiger partial charge in [-0.3, -0.25) is 9.59 Å². The second-order valence-corrected chi connectivity index (χ2v) is 7.36. The van der Waals surface area contributed by atoms with Gasteiger partial charge in [0, 0.05) is 20.3 Å². The fraction of sp³-hybridized carbons (Fsp3) is 0.417. The molecule has 31 heavy (non-hydrogen) atoms. The molecule has 1 saturated heterocycles. The van der Waals surface area contributed by atoms with E-state index in [-0.39, 0.29) is 6.61 Å². The van der Waals surface area contributed by atoms with Crippen LogP contribution < -0.4 is 0 Å². The van der Waals surface area contributed by atoms with Crippen molar-refractivity contribution in [1.82, 2.24) is 0 Å². The fourth-order valence-electron chi connectivity index (χ4n) is 3.33.